The lowest BCUT2D eigenvalue weighted by Crippen LogP contribution is -2.66. The van der Waals surface area contributed by atoms with Crippen molar-refractivity contribution in [1.29, 1.82) is 0 Å². The molecule has 0 saturated heterocycles. The predicted molar refractivity (Wildman–Crippen MR) is 132 cm³/mol. The zero-order chi connectivity index (χ0) is 19.4. The summed E-state index contributed by atoms with van der Waals surface area (Å²) in [4.78, 5) is 0. The van der Waals surface area contributed by atoms with Gasteiger partial charge in [-0.2, -0.15) is 0 Å². The van der Waals surface area contributed by atoms with E-state index in [1.807, 2.05) is 5.70 Å². The quantitative estimate of drug-likeness (QED) is 0.480. The molecule has 0 spiro atoms. The van der Waals surface area contributed by atoms with Gasteiger partial charge < -0.3 is 12.3 Å². The summed E-state index contributed by atoms with van der Waals surface area (Å²) >= 11 is 0. The van der Waals surface area contributed by atoms with E-state index in [0.29, 0.717) is 0 Å². The largest absolute Gasteiger partial charge is 0.463 e. The second-order valence-electron chi connectivity index (χ2n) is 6.30. The van der Waals surface area contributed by atoms with Crippen molar-refractivity contribution in [3.05, 3.63) is 72.9 Å². The van der Waals surface area contributed by atoms with Crippen LogP contribution in [0.3, 0.4) is 0 Å². The van der Waals surface area contributed by atoms with E-state index in [-0.39, 0.29) is 0 Å². The average molecular weight is 453 g/mol. The minimum absolute atomic E-state index is 0.712. The van der Waals surface area contributed by atoms with E-state index in [4.69, 9.17) is 12.3 Å². The molecule has 2 aromatic rings. The van der Waals surface area contributed by atoms with Crippen LogP contribution in [-0.4, -0.2) is 56.2 Å². The van der Waals surface area contributed by atoms with Crippen molar-refractivity contribution in [2.24, 2.45) is 0 Å². The van der Waals surface area contributed by atoms with Crippen LogP contribution < -0.4 is 10.4 Å². The first-order valence-electron chi connectivity index (χ1n) is 8.93. The molecule has 1 unspecified atom stereocenters. The molecule has 2 aromatic carbocycles. The maximum atomic E-state index is 6.30. The summed E-state index contributed by atoms with van der Waals surface area (Å²) in [6.45, 7) is 10.2. The highest BCUT2D eigenvalue weighted by Gasteiger charge is 2.39. The van der Waals surface area contributed by atoms with Gasteiger partial charge in [-0.05, 0) is 30.0 Å². The lowest BCUT2D eigenvalue weighted by Gasteiger charge is -2.31. The van der Waals surface area contributed by atoms with Crippen molar-refractivity contribution < 1.29 is 12.3 Å². The first-order chi connectivity index (χ1) is 12.5. The fourth-order valence-electron chi connectivity index (χ4n) is 2.42. The maximum Gasteiger partial charge on any atom is 0.252 e. The van der Waals surface area contributed by atoms with Gasteiger partial charge in [0, 0.05) is 0 Å². The molecule has 0 aliphatic heterocycles. The van der Waals surface area contributed by atoms with Gasteiger partial charge in [-0.15, -0.1) is 6.58 Å². The van der Waals surface area contributed by atoms with Crippen molar-refractivity contribution >= 4 is 66.5 Å². The lowest BCUT2D eigenvalue weighted by atomic mass is 10.4. The third kappa shape index (κ3) is 7.17. The van der Waals surface area contributed by atoms with Crippen molar-refractivity contribution in [3.8, 4) is 0 Å². The normalized spacial score (nSPS) is 12.9. The SMILES string of the molecule is C=C[SiH](C)O[SiH3].C[SiH](C)O[SiH2][Si](O[SiH3])(c1ccccc1)c1ccccc1. The first kappa shape index (κ1) is 23.4. The van der Waals surface area contributed by atoms with E-state index in [1.54, 1.807) is 0 Å². The zero-order valence-electron chi connectivity index (χ0n) is 16.6. The molecular weight excluding hydrogens is 421 g/mol. The molecule has 0 aliphatic carbocycles. The summed E-state index contributed by atoms with van der Waals surface area (Å²) in [7, 11) is -2.99. The van der Waals surface area contributed by atoms with Gasteiger partial charge in [0.1, 0.15) is 21.0 Å². The van der Waals surface area contributed by atoms with Gasteiger partial charge in [-0.3, -0.25) is 0 Å². The number of benzene rings is 2. The smallest absolute Gasteiger partial charge is 0.252 e. The fourth-order valence-corrected chi connectivity index (χ4v) is 18.5. The van der Waals surface area contributed by atoms with Crippen LogP contribution in [-0.2, 0) is 12.3 Å². The molecule has 142 valence electrons. The molecule has 0 saturated carbocycles. The molecule has 9 heteroatoms. The Hall–Kier alpha value is -0.639. The summed E-state index contributed by atoms with van der Waals surface area (Å²) < 4.78 is 17.6. The van der Waals surface area contributed by atoms with Crippen LogP contribution in [0.15, 0.2) is 72.9 Å². The molecule has 0 heterocycles. The highest BCUT2D eigenvalue weighted by atomic mass is 29.2. The van der Waals surface area contributed by atoms with E-state index in [2.05, 4.69) is 86.9 Å². The highest BCUT2D eigenvalue weighted by molar-refractivity contribution is 7.33. The standard InChI is InChI=1S/C14H22O2Si4.C3H10OSi2/c1-19(2)16-18-20(15-17,13-9-5-3-6-10-13)14-11-7-4-8-12-14;1-3-6(2)4-5/h3-12,19H,18H2,1-2,17H3;3,6H,1H2,2,5H3. The van der Waals surface area contributed by atoms with Crippen LogP contribution in [0.4, 0.5) is 0 Å². The van der Waals surface area contributed by atoms with E-state index in [0.717, 1.165) is 21.0 Å². The van der Waals surface area contributed by atoms with Crippen LogP contribution >= 0.6 is 0 Å². The van der Waals surface area contributed by atoms with E-state index < -0.39 is 35.2 Å². The van der Waals surface area contributed by atoms with Crippen LogP contribution in [0.2, 0.25) is 19.6 Å². The van der Waals surface area contributed by atoms with Gasteiger partial charge in [0.25, 0.3) is 7.83 Å². The minimum atomic E-state index is -2.07. The highest BCUT2D eigenvalue weighted by Crippen LogP contribution is 2.06. The number of rotatable bonds is 8. The van der Waals surface area contributed by atoms with Crippen molar-refractivity contribution in [1.82, 2.24) is 0 Å². The molecule has 3 nitrogen and oxygen atoms in total. The van der Waals surface area contributed by atoms with Crippen molar-refractivity contribution in [2.75, 3.05) is 0 Å². The summed E-state index contributed by atoms with van der Waals surface area (Å²) in [5, 5.41) is 2.73. The summed E-state index contributed by atoms with van der Waals surface area (Å²) in [6.07, 6.45) is 0. The van der Waals surface area contributed by atoms with Crippen LogP contribution in [0.5, 0.6) is 0 Å². The Labute approximate surface area is 171 Å². The van der Waals surface area contributed by atoms with Gasteiger partial charge >= 0.3 is 0 Å². The monoisotopic (exact) mass is 452 g/mol. The van der Waals surface area contributed by atoms with Crippen molar-refractivity contribution in [2.45, 2.75) is 19.6 Å². The molecule has 0 fully saturated rings. The van der Waals surface area contributed by atoms with Crippen molar-refractivity contribution in [3.63, 3.8) is 0 Å². The molecule has 0 amide bonds. The Bertz CT molecular complexity index is 587. The second-order valence-corrected chi connectivity index (χ2v) is 22.1. The van der Waals surface area contributed by atoms with Crippen LogP contribution in [0.25, 0.3) is 0 Å². The minimum Gasteiger partial charge on any atom is -0.463 e. The van der Waals surface area contributed by atoms with Crippen LogP contribution in [0.1, 0.15) is 0 Å². The molecule has 1 atom stereocenters. The Morgan fingerprint density at radius 2 is 1.38 bits per heavy atom. The van der Waals surface area contributed by atoms with E-state index in [1.165, 1.54) is 10.4 Å². The molecule has 2 rings (SSSR count). The van der Waals surface area contributed by atoms with Gasteiger partial charge in [0.15, 0.2) is 27.4 Å². The van der Waals surface area contributed by atoms with Gasteiger partial charge in [-0.1, -0.05) is 66.4 Å². The van der Waals surface area contributed by atoms with E-state index in [9.17, 15) is 0 Å². The Balaban J connectivity index is 0.000000487. The lowest BCUT2D eigenvalue weighted by molar-refractivity contribution is 0.604. The fraction of sp³-hybridized carbons (Fsp3) is 0.176. The molecule has 0 aromatic heterocycles. The summed E-state index contributed by atoms with van der Waals surface area (Å²) in [6, 6.07) is 21.5. The topological polar surface area (TPSA) is 27.7 Å². The summed E-state index contributed by atoms with van der Waals surface area (Å²) in [5.74, 6) is 0. The predicted octanol–water partition coefficient (Wildman–Crippen LogP) is -1.01. The average Bonchev–Trinajstić information content (AvgIpc) is 2.70. The second kappa shape index (κ2) is 12.7. The van der Waals surface area contributed by atoms with Crippen LogP contribution in [0, 0.1) is 0 Å². The molecule has 0 radical (unpaired) electrons. The Morgan fingerprint density at radius 3 is 1.65 bits per heavy atom. The van der Waals surface area contributed by atoms with Gasteiger partial charge in [0.05, 0.1) is 0 Å². The maximum absolute atomic E-state index is 6.30. The number of hydrogen-bond acceptors (Lipinski definition) is 3. The Kier molecular flexibility index (Phi) is 11.4. The van der Waals surface area contributed by atoms with Gasteiger partial charge in [-0.25, -0.2) is 0 Å². The molecule has 0 aliphatic rings. The third-order valence-corrected chi connectivity index (χ3v) is 24.6. The molecule has 0 N–H and O–H groups in total. The van der Waals surface area contributed by atoms with E-state index >= 15 is 0 Å². The third-order valence-electron chi connectivity index (χ3n) is 4.15. The zero-order valence-corrected chi connectivity index (χ0v) is 25.4. The number of hydrogen-bond donors (Lipinski definition) is 0. The van der Waals surface area contributed by atoms with Gasteiger partial charge in [0.2, 0.25) is 0 Å². The molecule has 0 bridgehead atoms. The summed E-state index contributed by atoms with van der Waals surface area (Å²) in [5.41, 5.74) is 1.92. The first-order valence-corrected chi connectivity index (χ1v) is 20.4. The molecule has 26 heavy (non-hydrogen) atoms. The Morgan fingerprint density at radius 1 is 0.923 bits per heavy atom. The molecular formula is C17H32O3Si6.